The molecule has 9 heteroatoms. The SMILES string of the molecule is CC(c1ccc(F)cc1)N1CC(c2nc(-c3cccc(C(F)(F)F)c3)no2)CC1=O. The molecule has 1 saturated heterocycles. The van der Waals surface area contributed by atoms with E-state index in [9.17, 15) is 22.4 Å². The van der Waals surface area contributed by atoms with Gasteiger partial charge in [0.2, 0.25) is 17.6 Å². The van der Waals surface area contributed by atoms with Crippen molar-refractivity contribution in [2.45, 2.75) is 31.5 Å². The van der Waals surface area contributed by atoms with E-state index in [2.05, 4.69) is 10.1 Å². The Bertz CT molecular complexity index is 1060. The molecule has 0 N–H and O–H groups in total. The van der Waals surface area contributed by atoms with Crippen molar-refractivity contribution in [1.29, 1.82) is 0 Å². The Kier molecular flexibility index (Phi) is 5.05. The maximum absolute atomic E-state index is 13.1. The minimum Gasteiger partial charge on any atom is -0.339 e. The van der Waals surface area contributed by atoms with Crippen LogP contribution in [0.2, 0.25) is 0 Å². The Morgan fingerprint density at radius 3 is 2.60 bits per heavy atom. The second-order valence-electron chi connectivity index (χ2n) is 7.21. The lowest BCUT2D eigenvalue weighted by atomic mass is 10.1. The summed E-state index contributed by atoms with van der Waals surface area (Å²) in [6, 6.07) is 10.3. The van der Waals surface area contributed by atoms with Crippen LogP contribution >= 0.6 is 0 Å². The first-order valence-electron chi connectivity index (χ1n) is 9.28. The summed E-state index contributed by atoms with van der Waals surface area (Å²) in [5.74, 6) is -0.606. The number of rotatable bonds is 4. The number of benzene rings is 2. The molecule has 5 nitrogen and oxygen atoms in total. The summed E-state index contributed by atoms with van der Waals surface area (Å²) in [6.45, 7) is 2.16. The van der Waals surface area contributed by atoms with Gasteiger partial charge in [0.05, 0.1) is 17.5 Å². The van der Waals surface area contributed by atoms with Gasteiger partial charge in [-0.15, -0.1) is 0 Å². The Labute approximate surface area is 169 Å². The first kappa shape index (κ1) is 20.1. The Hall–Kier alpha value is -3.23. The maximum atomic E-state index is 13.1. The number of carbonyl (C=O) groups is 1. The summed E-state index contributed by atoms with van der Waals surface area (Å²) in [7, 11) is 0. The van der Waals surface area contributed by atoms with E-state index in [-0.39, 0.29) is 47.4 Å². The van der Waals surface area contributed by atoms with Crippen molar-refractivity contribution in [3.05, 3.63) is 71.4 Å². The van der Waals surface area contributed by atoms with Crippen LogP contribution in [0.3, 0.4) is 0 Å². The third-order valence-corrected chi connectivity index (χ3v) is 5.22. The lowest BCUT2D eigenvalue weighted by Gasteiger charge is -2.25. The van der Waals surface area contributed by atoms with Gasteiger partial charge in [0.25, 0.3) is 0 Å². The fourth-order valence-electron chi connectivity index (χ4n) is 3.55. The quantitative estimate of drug-likeness (QED) is 0.560. The summed E-state index contributed by atoms with van der Waals surface area (Å²) >= 11 is 0. The molecule has 0 bridgehead atoms. The third-order valence-electron chi connectivity index (χ3n) is 5.22. The first-order chi connectivity index (χ1) is 14.2. The lowest BCUT2D eigenvalue weighted by Crippen LogP contribution is -2.28. The van der Waals surface area contributed by atoms with Crippen LogP contribution < -0.4 is 0 Å². The predicted molar refractivity (Wildman–Crippen MR) is 98.6 cm³/mol. The molecule has 1 fully saturated rings. The number of likely N-dealkylation sites (tertiary alicyclic amines) is 1. The Balaban J connectivity index is 1.52. The van der Waals surface area contributed by atoms with Gasteiger partial charge in [0, 0.05) is 18.5 Å². The standard InChI is InChI=1S/C21H17F4N3O2/c1-12(13-5-7-17(22)8-6-13)28-11-15(10-18(28)29)20-26-19(27-30-20)14-3-2-4-16(9-14)21(23,24)25/h2-9,12,15H,10-11H2,1H3. The average molecular weight is 419 g/mol. The average Bonchev–Trinajstić information content (AvgIpc) is 3.34. The van der Waals surface area contributed by atoms with Gasteiger partial charge < -0.3 is 9.42 Å². The molecule has 30 heavy (non-hydrogen) atoms. The maximum Gasteiger partial charge on any atom is 0.416 e. The van der Waals surface area contributed by atoms with Crippen LogP contribution in [0.15, 0.2) is 53.1 Å². The molecule has 0 spiro atoms. The topological polar surface area (TPSA) is 59.2 Å². The summed E-state index contributed by atoms with van der Waals surface area (Å²) in [6.07, 6.45) is -4.33. The molecule has 2 unspecified atom stereocenters. The van der Waals surface area contributed by atoms with Gasteiger partial charge in [-0.3, -0.25) is 4.79 Å². The number of hydrogen-bond acceptors (Lipinski definition) is 4. The molecule has 156 valence electrons. The molecule has 4 rings (SSSR count). The van der Waals surface area contributed by atoms with E-state index in [0.717, 1.165) is 17.7 Å². The van der Waals surface area contributed by atoms with E-state index < -0.39 is 11.7 Å². The highest BCUT2D eigenvalue weighted by Gasteiger charge is 2.37. The zero-order valence-electron chi connectivity index (χ0n) is 15.9. The molecule has 2 heterocycles. The summed E-state index contributed by atoms with van der Waals surface area (Å²) in [4.78, 5) is 18.4. The summed E-state index contributed by atoms with van der Waals surface area (Å²) < 4.78 is 57.2. The normalized spacial score (nSPS) is 18.1. The number of alkyl halides is 3. The van der Waals surface area contributed by atoms with E-state index in [4.69, 9.17) is 4.52 Å². The van der Waals surface area contributed by atoms with E-state index in [1.54, 1.807) is 17.0 Å². The van der Waals surface area contributed by atoms with Crippen molar-refractivity contribution in [3.63, 3.8) is 0 Å². The molecular formula is C21H17F4N3O2. The minimum atomic E-state index is -4.47. The van der Waals surface area contributed by atoms with Gasteiger partial charge in [0.1, 0.15) is 5.82 Å². The highest BCUT2D eigenvalue weighted by molar-refractivity contribution is 5.80. The van der Waals surface area contributed by atoms with E-state index >= 15 is 0 Å². The first-order valence-corrected chi connectivity index (χ1v) is 9.28. The largest absolute Gasteiger partial charge is 0.416 e. The molecule has 0 radical (unpaired) electrons. The van der Waals surface area contributed by atoms with Crippen molar-refractivity contribution in [3.8, 4) is 11.4 Å². The molecule has 0 aliphatic carbocycles. The van der Waals surface area contributed by atoms with Crippen LogP contribution in [-0.2, 0) is 11.0 Å². The number of aromatic nitrogens is 2. The molecule has 1 aliphatic heterocycles. The molecule has 2 atom stereocenters. The minimum absolute atomic E-state index is 0.0357. The van der Waals surface area contributed by atoms with Gasteiger partial charge in [-0.05, 0) is 36.8 Å². The van der Waals surface area contributed by atoms with Gasteiger partial charge in [-0.2, -0.15) is 18.2 Å². The zero-order chi connectivity index (χ0) is 21.5. The lowest BCUT2D eigenvalue weighted by molar-refractivity contribution is -0.137. The number of carbonyl (C=O) groups excluding carboxylic acids is 1. The van der Waals surface area contributed by atoms with Crippen LogP contribution in [0.5, 0.6) is 0 Å². The summed E-state index contributed by atoms with van der Waals surface area (Å²) in [5, 5.41) is 3.79. The van der Waals surface area contributed by atoms with Crippen molar-refractivity contribution in [2.24, 2.45) is 0 Å². The third kappa shape index (κ3) is 3.92. The Morgan fingerprint density at radius 2 is 1.90 bits per heavy atom. The van der Waals surface area contributed by atoms with Crippen LogP contribution in [0.25, 0.3) is 11.4 Å². The highest BCUT2D eigenvalue weighted by atomic mass is 19.4. The molecule has 1 aromatic heterocycles. The monoisotopic (exact) mass is 419 g/mol. The number of amides is 1. The van der Waals surface area contributed by atoms with E-state index in [1.807, 2.05) is 6.92 Å². The predicted octanol–water partition coefficient (Wildman–Crippen LogP) is 4.97. The molecule has 1 aliphatic rings. The van der Waals surface area contributed by atoms with E-state index in [0.29, 0.717) is 6.54 Å². The van der Waals surface area contributed by atoms with Gasteiger partial charge in [-0.25, -0.2) is 4.39 Å². The Morgan fingerprint density at radius 1 is 1.17 bits per heavy atom. The van der Waals surface area contributed by atoms with Crippen molar-refractivity contribution in [2.75, 3.05) is 6.54 Å². The van der Waals surface area contributed by atoms with Gasteiger partial charge >= 0.3 is 6.18 Å². The second kappa shape index (κ2) is 7.55. The number of halogens is 4. The van der Waals surface area contributed by atoms with Crippen LogP contribution in [-0.4, -0.2) is 27.5 Å². The van der Waals surface area contributed by atoms with Crippen LogP contribution in [0.1, 0.15) is 42.3 Å². The fourth-order valence-corrected chi connectivity index (χ4v) is 3.55. The smallest absolute Gasteiger partial charge is 0.339 e. The van der Waals surface area contributed by atoms with Crippen molar-refractivity contribution in [1.82, 2.24) is 15.0 Å². The molecular weight excluding hydrogens is 402 g/mol. The van der Waals surface area contributed by atoms with E-state index in [1.165, 1.54) is 24.3 Å². The fraction of sp³-hybridized carbons (Fsp3) is 0.286. The number of nitrogens with zero attached hydrogens (tertiary/aromatic N) is 3. The highest BCUT2D eigenvalue weighted by Crippen LogP contribution is 2.35. The molecule has 1 amide bonds. The van der Waals surface area contributed by atoms with Gasteiger partial charge in [0.15, 0.2) is 0 Å². The molecule has 2 aromatic carbocycles. The van der Waals surface area contributed by atoms with Crippen LogP contribution in [0.4, 0.5) is 17.6 Å². The van der Waals surface area contributed by atoms with Gasteiger partial charge in [-0.1, -0.05) is 29.4 Å². The molecule has 0 saturated carbocycles. The van der Waals surface area contributed by atoms with Crippen LogP contribution in [0, 0.1) is 5.82 Å². The van der Waals surface area contributed by atoms with Crippen molar-refractivity contribution < 1.29 is 26.9 Å². The second-order valence-corrected chi connectivity index (χ2v) is 7.21. The number of hydrogen-bond donors (Lipinski definition) is 0. The zero-order valence-corrected chi connectivity index (χ0v) is 15.9. The molecule has 3 aromatic rings. The summed E-state index contributed by atoms with van der Waals surface area (Å²) in [5.41, 5.74) is 0.169. The van der Waals surface area contributed by atoms with Crippen molar-refractivity contribution >= 4 is 5.91 Å².